The summed E-state index contributed by atoms with van der Waals surface area (Å²) < 4.78 is 2.12. The van der Waals surface area contributed by atoms with Gasteiger partial charge in [0.15, 0.2) is 5.78 Å². The number of β-amino-alcohol motifs (C(OH)–C–C–N with tert-alkyl or cyclic N) is 1. The third-order valence-electron chi connectivity index (χ3n) is 6.14. The van der Waals surface area contributed by atoms with Gasteiger partial charge in [-0.3, -0.25) is 4.79 Å². The third kappa shape index (κ3) is 5.52. The molecule has 162 valence electrons. The lowest BCUT2D eigenvalue weighted by Gasteiger charge is -2.23. The summed E-state index contributed by atoms with van der Waals surface area (Å²) >= 11 is 0. The van der Waals surface area contributed by atoms with Gasteiger partial charge in [-0.25, -0.2) is 0 Å². The number of fused-ring (bicyclic) bond motifs is 1. The molecular formula is C27H32N2O2. The zero-order chi connectivity index (χ0) is 21.6. The summed E-state index contributed by atoms with van der Waals surface area (Å²) in [4.78, 5) is 15.0. The Morgan fingerprint density at radius 1 is 1.00 bits per heavy atom. The van der Waals surface area contributed by atoms with E-state index in [4.69, 9.17) is 0 Å². The highest BCUT2D eigenvalue weighted by atomic mass is 16.3. The van der Waals surface area contributed by atoms with Gasteiger partial charge in [-0.15, -0.1) is 0 Å². The normalized spacial score (nSPS) is 16.6. The molecule has 0 spiro atoms. The lowest BCUT2D eigenvalue weighted by atomic mass is 10.1. The number of likely N-dealkylation sites (tertiary alicyclic amines) is 1. The average Bonchev–Trinajstić information content (AvgIpc) is 2.93. The van der Waals surface area contributed by atoms with Crippen molar-refractivity contribution in [2.75, 3.05) is 19.6 Å². The van der Waals surface area contributed by atoms with Crippen LogP contribution >= 0.6 is 0 Å². The first-order valence-corrected chi connectivity index (χ1v) is 11.4. The molecule has 1 saturated heterocycles. The number of carbonyl (C=O) groups excluding carboxylic acids is 1. The number of hydrogen-bond acceptors (Lipinski definition) is 3. The molecule has 0 aliphatic carbocycles. The number of aliphatic hydroxyl groups excluding tert-OH is 1. The zero-order valence-electron chi connectivity index (χ0n) is 18.3. The quantitative estimate of drug-likeness (QED) is 0.431. The Kier molecular flexibility index (Phi) is 7.00. The maximum absolute atomic E-state index is 12.6. The molecule has 4 nitrogen and oxygen atoms in total. The number of allylic oxidation sites excluding steroid dienone is 1. The van der Waals surface area contributed by atoms with Crippen molar-refractivity contribution in [2.45, 2.75) is 45.3 Å². The van der Waals surface area contributed by atoms with Crippen LogP contribution in [0, 0.1) is 6.92 Å². The van der Waals surface area contributed by atoms with E-state index in [0.29, 0.717) is 18.7 Å². The Balaban J connectivity index is 1.50. The summed E-state index contributed by atoms with van der Waals surface area (Å²) in [7, 11) is 0. The van der Waals surface area contributed by atoms with Gasteiger partial charge in [0.05, 0.1) is 6.10 Å². The number of nitrogens with zero attached hydrogens (tertiary/aromatic N) is 2. The van der Waals surface area contributed by atoms with Gasteiger partial charge < -0.3 is 14.6 Å². The summed E-state index contributed by atoms with van der Waals surface area (Å²) in [6, 6.07) is 15.8. The number of rotatable bonds is 7. The van der Waals surface area contributed by atoms with Crippen molar-refractivity contribution in [2.24, 2.45) is 0 Å². The van der Waals surface area contributed by atoms with Crippen LogP contribution in [0.2, 0.25) is 0 Å². The van der Waals surface area contributed by atoms with E-state index in [1.807, 2.05) is 49.4 Å². The first-order valence-electron chi connectivity index (χ1n) is 11.4. The highest BCUT2D eigenvalue weighted by Crippen LogP contribution is 2.23. The van der Waals surface area contributed by atoms with Crippen LogP contribution in [-0.2, 0) is 6.54 Å². The molecule has 4 heteroatoms. The van der Waals surface area contributed by atoms with E-state index < -0.39 is 6.10 Å². The number of para-hydroxylation sites is 1. The number of ketones is 1. The summed E-state index contributed by atoms with van der Waals surface area (Å²) in [6.45, 7) is 5.44. The zero-order valence-corrected chi connectivity index (χ0v) is 18.3. The van der Waals surface area contributed by atoms with Crippen LogP contribution in [-0.4, -0.2) is 46.1 Å². The molecule has 2 heterocycles. The van der Waals surface area contributed by atoms with E-state index in [9.17, 15) is 9.90 Å². The van der Waals surface area contributed by atoms with Crippen molar-refractivity contribution < 1.29 is 9.90 Å². The van der Waals surface area contributed by atoms with Crippen molar-refractivity contribution in [3.8, 4) is 0 Å². The predicted octanol–water partition coefficient (Wildman–Crippen LogP) is 5.08. The summed E-state index contributed by atoms with van der Waals surface area (Å²) in [5.74, 6) is -0.00182. The van der Waals surface area contributed by atoms with Gasteiger partial charge in [-0.05, 0) is 51.1 Å². The summed E-state index contributed by atoms with van der Waals surface area (Å²) in [5, 5.41) is 11.9. The standard InChI is InChI=1S/C27H32N2O2/c1-21-10-12-22(13-11-21)27(31)15-14-23-18-29(26-9-5-4-8-25(23)26)20-24(30)19-28-16-6-2-3-7-17-28/h4-5,8-15,18,24,30H,2-3,6-7,16-17,19-20H2,1H3/b15-14+/t24-/m0/s1. The van der Waals surface area contributed by atoms with Crippen molar-refractivity contribution in [1.82, 2.24) is 9.47 Å². The van der Waals surface area contributed by atoms with E-state index in [-0.39, 0.29) is 5.78 Å². The number of aromatic nitrogens is 1. The van der Waals surface area contributed by atoms with Crippen LogP contribution in [0.5, 0.6) is 0 Å². The van der Waals surface area contributed by atoms with Gasteiger partial charge in [0, 0.05) is 41.3 Å². The second kappa shape index (κ2) is 10.1. The Morgan fingerprint density at radius 2 is 1.71 bits per heavy atom. The second-order valence-electron chi connectivity index (χ2n) is 8.69. The fourth-order valence-corrected chi connectivity index (χ4v) is 4.44. The Morgan fingerprint density at radius 3 is 2.45 bits per heavy atom. The van der Waals surface area contributed by atoms with E-state index in [1.165, 1.54) is 25.7 Å². The molecule has 1 atom stereocenters. The summed E-state index contributed by atoms with van der Waals surface area (Å²) in [6.07, 6.45) is 10.2. The maximum Gasteiger partial charge on any atom is 0.185 e. The minimum absolute atomic E-state index is 0.00182. The van der Waals surface area contributed by atoms with Gasteiger partial charge in [0.25, 0.3) is 0 Å². The molecule has 3 aromatic rings. The fourth-order valence-electron chi connectivity index (χ4n) is 4.44. The number of aryl methyl sites for hydroxylation is 1. The molecule has 0 amide bonds. The molecule has 1 aromatic heterocycles. The van der Waals surface area contributed by atoms with Crippen LogP contribution in [0.1, 0.15) is 47.2 Å². The lowest BCUT2D eigenvalue weighted by molar-refractivity contribution is 0.101. The van der Waals surface area contributed by atoms with E-state index >= 15 is 0 Å². The molecular weight excluding hydrogens is 384 g/mol. The first-order chi connectivity index (χ1) is 15.1. The molecule has 2 aromatic carbocycles. The first kappa shape index (κ1) is 21.5. The number of carbonyl (C=O) groups is 1. The molecule has 1 aliphatic heterocycles. The third-order valence-corrected chi connectivity index (χ3v) is 6.14. The largest absolute Gasteiger partial charge is 0.390 e. The Hall–Kier alpha value is -2.69. The van der Waals surface area contributed by atoms with Gasteiger partial charge in [-0.1, -0.05) is 60.9 Å². The second-order valence-corrected chi connectivity index (χ2v) is 8.69. The van der Waals surface area contributed by atoms with Gasteiger partial charge >= 0.3 is 0 Å². The molecule has 0 unspecified atom stereocenters. The van der Waals surface area contributed by atoms with E-state index in [0.717, 1.165) is 35.1 Å². The summed E-state index contributed by atoms with van der Waals surface area (Å²) in [5.41, 5.74) is 3.92. The molecule has 1 aliphatic rings. The molecule has 4 rings (SSSR count). The highest BCUT2D eigenvalue weighted by molar-refractivity contribution is 6.07. The predicted molar refractivity (Wildman–Crippen MR) is 127 cm³/mol. The minimum atomic E-state index is -0.417. The van der Waals surface area contributed by atoms with E-state index in [1.54, 1.807) is 6.08 Å². The van der Waals surface area contributed by atoms with Crippen molar-refractivity contribution in [1.29, 1.82) is 0 Å². The van der Waals surface area contributed by atoms with Crippen LogP contribution in [0.15, 0.2) is 60.8 Å². The molecule has 31 heavy (non-hydrogen) atoms. The number of hydrogen-bond donors (Lipinski definition) is 1. The Labute approximate surface area is 184 Å². The number of benzene rings is 2. The molecule has 1 fully saturated rings. The topological polar surface area (TPSA) is 45.5 Å². The molecule has 0 saturated carbocycles. The van der Waals surface area contributed by atoms with Crippen LogP contribution in [0.25, 0.3) is 17.0 Å². The van der Waals surface area contributed by atoms with Gasteiger partial charge in [0.2, 0.25) is 0 Å². The SMILES string of the molecule is Cc1ccc(C(=O)/C=C/c2cn(C[C@@H](O)CN3CCCCCC3)c3ccccc23)cc1. The minimum Gasteiger partial charge on any atom is -0.390 e. The average molecular weight is 417 g/mol. The Bertz CT molecular complexity index is 1040. The van der Waals surface area contributed by atoms with Crippen LogP contribution in [0.3, 0.4) is 0 Å². The lowest BCUT2D eigenvalue weighted by Crippen LogP contribution is -2.35. The van der Waals surface area contributed by atoms with Gasteiger partial charge in [-0.2, -0.15) is 0 Å². The molecule has 0 bridgehead atoms. The van der Waals surface area contributed by atoms with Gasteiger partial charge in [0.1, 0.15) is 0 Å². The molecule has 0 radical (unpaired) electrons. The smallest absolute Gasteiger partial charge is 0.185 e. The number of aliphatic hydroxyl groups is 1. The fraction of sp³-hybridized carbons (Fsp3) is 0.370. The monoisotopic (exact) mass is 416 g/mol. The highest BCUT2D eigenvalue weighted by Gasteiger charge is 2.16. The van der Waals surface area contributed by atoms with Crippen LogP contribution in [0.4, 0.5) is 0 Å². The van der Waals surface area contributed by atoms with Crippen LogP contribution < -0.4 is 0 Å². The molecule has 1 N–H and O–H groups in total. The van der Waals surface area contributed by atoms with Crippen molar-refractivity contribution in [3.63, 3.8) is 0 Å². The maximum atomic E-state index is 12.6. The van der Waals surface area contributed by atoms with Crippen molar-refractivity contribution >= 4 is 22.8 Å². The van der Waals surface area contributed by atoms with Crippen molar-refractivity contribution in [3.05, 3.63) is 77.5 Å². The van der Waals surface area contributed by atoms with E-state index in [2.05, 4.69) is 27.8 Å².